The van der Waals surface area contributed by atoms with E-state index in [4.69, 9.17) is 14.5 Å². The van der Waals surface area contributed by atoms with Gasteiger partial charge in [0.1, 0.15) is 0 Å². The van der Waals surface area contributed by atoms with Gasteiger partial charge in [-0.3, -0.25) is 4.99 Å². The lowest BCUT2D eigenvalue weighted by molar-refractivity contribution is 0.292. The number of allylic oxidation sites excluding steroid dienone is 2. The minimum atomic E-state index is 0.291. The first-order valence-corrected chi connectivity index (χ1v) is 13.0. The average Bonchev–Trinajstić information content (AvgIpc) is 3.37. The lowest BCUT2D eigenvalue weighted by atomic mass is 9.76. The number of anilines is 1. The van der Waals surface area contributed by atoms with Gasteiger partial charge in [0.15, 0.2) is 11.5 Å². The Morgan fingerprint density at radius 2 is 1.94 bits per heavy atom. The lowest BCUT2D eigenvalue weighted by Crippen LogP contribution is -2.29. The summed E-state index contributed by atoms with van der Waals surface area (Å²) in [6, 6.07) is 19.6. The molecule has 0 bridgehead atoms. The molecule has 0 aromatic heterocycles. The fraction of sp³-hybridized carbons (Fsp3) is 0.300. The molecule has 0 unspecified atom stereocenters. The van der Waals surface area contributed by atoms with Crippen molar-refractivity contribution in [2.24, 2.45) is 10.9 Å². The SMILES string of the molecule is CCCOc1c(Br)cc(C=Nc2ccc([C@@H]3Nc4ccc(C)cc4[C@H]4C=CC[C@H]43)cc2)cc1OC. The first kappa shape index (κ1) is 23.7. The number of rotatable bonds is 7. The molecular formula is C30H31BrN2O2. The van der Waals surface area contributed by atoms with Gasteiger partial charge in [-0.25, -0.2) is 0 Å². The van der Waals surface area contributed by atoms with Crippen molar-refractivity contribution in [3.8, 4) is 11.5 Å². The Hall–Kier alpha value is -3.05. The van der Waals surface area contributed by atoms with Crippen molar-refractivity contribution in [1.29, 1.82) is 0 Å². The Morgan fingerprint density at radius 3 is 2.71 bits per heavy atom. The van der Waals surface area contributed by atoms with E-state index in [9.17, 15) is 0 Å². The number of aryl methyl sites for hydroxylation is 1. The maximum Gasteiger partial charge on any atom is 0.175 e. The van der Waals surface area contributed by atoms with Gasteiger partial charge in [-0.05, 0) is 88.6 Å². The van der Waals surface area contributed by atoms with Gasteiger partial charge in [-0.1, -0.05) is 48.9 Å². The van der Waals surface area contributed by atoms with Crippen LogP contribution in [0.15, 0.2) is 76.2 Å². The second-order valence-electron chi connectivity index (χ2n) is 9.30. The molecule has 0 spiro atoms. The van der Waals surface area contributed by atoms with Gasteiger partial charge in [-0.2, -0.15) is 0 Å². The molecule has 0 radical (unpaired) electrons. The summed E-state index contributed by atoms with van der Waals surface area (Å²) in [5.74, 6) is 2.44. The van der Waals surface area contributed by atoms with Gasteiger partial charge in [0.2, 0.25) is 0 Å². The van der Waals surface area contributed by atoms with E-state index in [2.05, 4.69) is 89.7 Å². The lowest BCUT2D eigenvalue weighted by Gasteiger charge is -2.37. The fourth-order valence-electron chi connectivity index (χ4n) is 5.12. The van der Waals surface area contributed by atoms with Crippen LogP contribution in [0.2, 0.25) is 0 Å². The molecule has 0 saturated heterocycles. The Labute approximate surface area is 216 Å². The first-order chi connectivity index (χ1) is 17.1. The van der Waals surface area contributed by atoms with Crippen LogP contribution in [0.5, 0.6) is 11.5 Å². The summed E-state index contributed by atoms with van der Waals surface area (Å²) in [5, 5.41) is 3.82. The molecule has 0 saturated carbocycles. The van der Waals surface area contributed by atoms with Gasteiger partial charge in [0.25, 0.3) is 0 Å². The van der Waals surface area contributed by atoms with Crippen molar-refractivity contribution in [3.63, 3.8) is 0 Å². The van der Waals surface area contributed by atoms with Gasteiger partial charge in [-0.15, -0.1) is 0 Å². The second-order valence-corrected chi connectivity index (χ2v) is 10.2. The zero-order valence-electron chi connectivity index (χ0n) is 20.4. The molecule has 1 heterocycles. The minimum Gasteiger partial charge on any atom is -0.493 e. The maximum atomic E-state index is 5.83. The molecule has 3 aromatic carbocycles. The predicted octanol–water partition coefficient (Wildman–Crippen LogP) is 8.13. The summed E-state index contributed by atoms with van der Waals surface area (Å²) in [4.78, 5) is 4.71. The van der Waals surface area contributed by atoms with E-state index >= 15 is 0 Å². The Bertz CT molecular complexity index is 1270. The standard InChI is InChI=1S/C30H31BrN2O2/c1-4-14-35-30-26(31)16-20(17-28(30)34-3)18-32-22-11-9-21(10-12-22)29-24-7-5-6-23(24)25-15-19(2)8-13-27(25)33-29/h5-6,8-13,15-18,23-24,29,33H,4,7,14H2,1-3H3/t23-,24+,29-/m0/s1. The summed E-state index contributed by atoms with van der Waals surface area (Å²) >= 11 is 3.61. The van der Waals surface area contributed by atoms with Crippen molar-refractivity contribution in [2.45, 2.75) is 38.6 Å². The van der Waals surface area contributed by atoms with E-state index in [0.717, 1.165) is 34.3 Å². The molecule has 1 aliphatic heterocycles. The monoisotopic (exact) mass is 530 g/mol. The highest BCUT2D eigenvalue weighted by molar-refractivity contribution is 9.10. The summed E-state index contributed by atoms with van der Waals surface area (Å²) in [6.45, 7) is 4.90. The van der Waals surface area contributed by atoms with E-state index < -0.39 is 0 Å². The van der Waals surface area contributed by atoms with Gasteiger partial charge in [0, 0.05) is 17.8 Å². The molecule has 3 aromatic rings. The third kappa shape index (κ3) is 4.87. The highest BCUT2D eigenvalue weighted by Crippen LogP contribution is 2.50. The van der Waals surface area contributed by atoms with Crippen LogP contribution >= 0.6 is 15.9 Å². The fourth-order valence-corrected chi connectivity index (χ4v) is 5.69. The topological polar surface area (TPSA) is 42.8 Å². The molecule has 2 aliphatic rings. The van der Waals surface area contributed by atoms with Crippen molar-refractivity contribution in [2.75, 3.05) is 19.0 Å². The maximum absolute atomic E-state index is 5.83. The van der Waals surface area contributed by atoms with E-state index in [-0.39, 0.29) is 0 Å². The van der Waals surface area contributed by atoms with E-state index in [1.54, 1.807) is 7.11 Å². The molecule has 180 valence electrons. The Morgan fingerprint density at radius 1 is 1.11 bits per heavy atom. The van der Waals surface area contributed by atoms with Crippen molar-refractivity contribution >= 4 is 33.5 Å². The number of hydrogen-bond acceptors (Lipinski definition) is 4. The van der Waals surface area contributed by atoms with Gasteiger partial charge >= 0.3 is 0 Å². The number of methoxy groups -OCH3 is 1. The number of nitrogens with one attached hydrogen (secondary N) is 1. The number of ether oxygens (including phenoxy) is 2. The number of hydrogen-bond donors (Lipinski definition) is 1. The summed E-state index contributed by atoms with van der Waals surface area (Å²) in [5.41, 5.74) is 7.16. The minimum absolute atomic E-state index is 0.291. The van der Waals surface area contributed by atoms with Crippen molar-refractivity contribution in [3.05, 3.63) is 93.5 Å². The average molecular weight is 531 g/mol. The van der Waals surface area contributed by atoms with Crippen LogP contribution in [0.1, 0.15) is 54.0 Å². The van der Waals surface area contributed by atoms with E-state index in [1.807, 2.05) is 18.3 Å². The molecule has 1 N–H and O–H groups in total. The largest absolute Gasteiger partial charge is 0.493 e. The highest BCUT2D eigenvalue weighted by atomic mass is 79.9. The Balaban J connectivity index is 1.34. The molecule has 5 rings (SSSR count). The van der Waals surface area contributed by atoms with Gasteiger partial charge < -0.3 is 14.8 Å². The molecule has 0 amide bonds. The molecule has 35 heavy (non-hydrogen) atoms. The smallest absolute Gasteiger partial charge is 0.175 e. The third-order valence-corrected chi connectivity index (χ3v) is 7.42. The number of benzene rings is 3. The molecule has 3 atom stereocenters. The van der Waals surface area contributed by atoms with Crippen LogP contribution in [0.4, 0.5) is 11.4 Å². The van der Waals surface area contributed by atoms with Crippen LogP contribution in [0.25, 0.3) is 0 Å². The second kappa shape index (κ2) is 10.3. The zero-order chi connectivity index (χ0) is 24.4. The first-order valence-electron chi connectivity index (χ1n) is 12.3. The molecule has 4 nitrogen and oxygen atoms in total. The van der Waals surface area contributed by atoms with Crippen LogP contribution in [-0.4, -0.2) is 19.9 Å². The molecule has 1 aliphatic carbocycles. The summed E-state index contributed by atoms with van der Waals surface area (Å²) in [7, 11) is 1.66. The van der Waals surface area contributed by atoms with E-state index in [0.29, 0.717) is 30.2 Å². The van der Waals surface area contributed by atoms with Crippen LogP contribution < -0.4 is 14.8 Å². The quantitative estimate of drug-likeness (QED) is 0.247. The highest BCUT2D eigenvalue weighted by Gasteiger charge is 2.37. The van der Waals surface area contributed by atoms with Gasteiger partial charge in [0.05, 0.1) is 29.9 Å². The molecule has 0 fully saturated rings. The van der Waals surface area contributed by atoms with Crippen molar-refractivity contribution in [1.82, 2.24) is 0 Å². The Kier molecular flexibility index (Phi) is 6.96. The number of fused-ring (bicyclic) bond motifs is 3. The number of aliphatic imine (C=N–C) groups is 1. The third-order valence-electron chi connectivity index (χ3n) is 6.84. The van der Waals surface area contributed by atoms with Crippen molar-refractivity contribution < 1.29 is 9.47 Å². The zero-order valence-corrected chi connectivity index (χ0v) is 22.0. The number of halogens is 1. The summed E-state index contributed by atoms with van der Waals surface area (Å²) < 4.78 is 12.2. The normalized spacial score (nSPS) is 20.4. The predicted molar refractivity (Wildman–Crippen MR) is 148 cm³/mol. The molecule has 5 heteroatoms. The van der Waals surface area contributed by atoms with E-state index in [1.165, 1.54) is 22.4 Å². The van der Waals surface area contributed by atoms with Crippen LogP contribution in [0.3, 0.4) is 0 Å². The number of nitrogens with zero attached hydrogens (tertiary/aromatic N) is 1. The summed E-state index contributed by atoms with van der Waals surface area (Å²) in [6.07, 6.45) is 8.63. The van der Waals surface area contributed by atoms with Crippen LogP contribution in [-0.2, 0) is 0 Å². The van der Waals surface area contributed by atoms with Crippen LogP contribution in [0, 0.1) is 12.8 Å². The molecular weight excluding hydrogens is 500 g/mol.